The maximum absolute atomic E-state index is 6.15. The molecule has 1 aliphatic heterocycles. The summed E-state index contributed by atoms with van der Waals surface area (Å²) in [5, 5.41) is 0. The molecule has 0 fully saturated rings. The fourth-order valence-electron chi connectivity index (χ4n) is 2.21. The molecule has 19 heavy (non-hydrogen) atoms. The standard InChI is InChI=1S/C16H25NO2/c1-11(8-9-17)12-6-7-13-14(10-12)19-16(4,5)15(2,3)18-13/h6-7,10-11H,8-9,17H2,1-5H3. The molecule has 1 aromatic carbocycles. The molecule has 0 saturated carbocycles. The average molecular weight is 263 g/mol. The van der Waals surface area contributed by atoms with Crippen LogP contribution in [-0.2, 0) is 0 Å². The predicted molar refractivity (Wildman–Crippen MR) is 77.9 cm³/mol. The van der Waals surface area contributed by atoms with E-state index in [-0.39, 0.29) is 11.2 Å². The van der Waals surface area contributed by atoms with E-state index in [1.54, 1.807) is 0 Å². The van der Waals surface area contributed by atoms with Gasteiger partial charge in [0.15, 0.2) is 11.5 Å². The van der Waals surface area contributed by atoms with Gasteiger partial charge in [0.1, 0.15) is 11.2 Å². The number of ether oxygens (including phenoxy) is 2. The summed E-state index contributed by atoms with van der Waals surface area (Å²) < 4.78 is 12.2. The minimum absolute atomic E-state index is 0.343. The SMILES string of the molecule is CC(CCN)c1ccc2c(c1)OC(C)(C)C(C)(C)O2. The van der Waals surface area contributed by atoms with Gasteiger partial charge in [0.25, 0.3) is 0 Å². The maximum atomic E-state index is 6.15. The molecule has 2 N–H and O–H groups in total. The van der Waals surface area contributed by atoms with Crippen molar-refractivity contribution in [3.63, 3.8) is 0 Å². The summed E-state index contributed by atoms with van der Waals surface area (Å²) in [4.78, 5) is 0. The molecule has 3 heteroatoms. The van der Waals surface area contributed by atoms with Crippen molar-refractivity contribution in [1.29, 1.82) is 0 Å². The fraction of sp³-hybridized carbons (Fsp3) is 0.625. The van der Waals surface area contributed by atoms with Gasteiger partial charge in [-0.1, -0.05) is 13.0 Å². The van der Waals surface area contributed by atoms with E-state index < -0.39 is 0 Å². The third-order valence-corrected chi connectivity index (χ3v) is 4.32. The summed E-state index contributed by atoms with van der Waals surface area (Å²) in [5.74, 6) is 2.11. The lowest BCUT2D eigenvalue weighted by Crippen LogP contribution is -2.56. The second-order valence-corrected chi connectivity index (χ2v) is 6.41. The van der Waals surface area contributed by atoms with Crippen LogP contribution in [0.2, 0.25) is 0 Å². The molecule has 3 nitrogen and oxygen atoms in total. The maximum Gasteiger partial charge on any atom is 0.162 e. The van der Waals surface area contributed by atoms with Gasteiger partial charge in [0, 0.05) is 0 Å². The first-order valence-corrected chi connectivity index (χ1v) is 6.99. The number of nitrogens with two attached hydrogens (primary N) is 1. The molecule has 1 aromatic rings. The second kappa shape index (κ2) is 4.71. The highest BCUT2D eigenvalue weighted by molar-refractivity contribution is 5.46. The Labute approximate surface area is 116 Å². The van der Waals surface area contributed by atoms with Gasteiger partial charge < -0.3 is 15.2 Å². The normalized spacial score (nSPS) is 20.9. The Kier molecular flexibility index (Phi) is 3.52. The highest BCUT2D eigenvalue weighted by atomic mass is 16.6. The van der Waals surface area contributed by atoms with Crippen molar-refractivity contribution in [1.82, 2.24) is 0 Å². The zero-order valence-electron chi connectivity index (χ0n) is 12.6. The molecule has 0 spiro atoms. The Morgan fingerprint density at radius 2 is 1.63 bits per heavy atom. The highest BCUT2D eigenvalue weighted by Gasteiger charge is 2.45. The molecule has 0 radical (unpaired) electrons. The number of hydrogen-bond acceptors (Lipinski definition) is 3. The van der Waals surface area contributed by atoms with Crippen molar-refractivity contribution in [2.75, 3.05) is 6.54 Å². The highest BCUT2D eigenvalue weighted by Crippen LogP contribution is 2.44. The molecular formula is C16H25NO2. The molecule has 106 valence electrons. The van der Waals surface area contributed by atoms with Crippen molar-refractivity contribution in [2.45, 2.75) is 58.2 Å². The number of rotatable bonds is 3. The van der Waals surface area contributed by atoms with E-state index in [1.165, 1.54) is 5.56 Å². The largest absolute Gasteiger partial charge is 0.480 e. The first kappa shape index (κ1) is 14.2. The molecule has 1 heterocycles. The lowest BCUT2D eigenvalue weighted by Gasteiger charge is -2.45. The van der Waals surface area contributed by atoms with Gasteiger partial charge in [-0.15, -0.1) is 0 Å². The van der Waals surface area contributed by atoms with E-state index in [0.717, 1.165) is 17.9 Å². The van der Waals surface area contributed by atoms with E-state index in [0.29, 0.717) is 12.5 Å². The van der Waals surface area contributed by atoms with Crippen molar-refractivity contribution in [3.8, 4) is 11.5 Å². The van der Waals surface area contributed by atoms with Crippen LogP contribution < -0.4 is 15.2 Å². The molecule has 0 aliphatic carbocycles. The van der Waals surface area contributed by atoms with E-state index in [1.807, 2.05) is 6.07 Å². The van der Waals surface area contributed by atoms with Gasteiger partial charge >= 0.3 is 0 Å². The van der Waals surface area contributed by atoms with Gasteiger partial charge in [-0.3, -0.25) is 0 Å². The van der Waals surface area contributed by atoms with Crippen LogP contribution in [0.4, 0.5) is 0 Å². The molecule has 0 aromatic heterocycles. The minimum atomic E-state index is -0.351. The minimum Gasteiger partial charge on any atom is -0.480 e. The zero-order valence-corrected chi connectivity index (χ0v) is 12.6. The lowest BCUT2D eigenvalue weighted by atomic mass is 9.87. The predicted octanol–water partition coefficient (Wildman–Crippen LogP) is 3.47. The quantitative estimate of drug-likeness (QED) is 0.908. The molecule has 0 saturated heterocycles. The summed E-state index contributed by atoms with van der Waals surface area (Å²) in [6.07, 6.45) is 0.981. The molecule has 1 unspecified atom stereocenters. The number of hydrogen-bond donors (Lipinski definition) is 1. The fourth-order valence-corrected chi connectivity index (χ4v) is 2.21. The van der Waals surface area contributed by atoms with Crippen LogP contribution in [0.15, 0.2) is 18.2 Å². The van der Waals surface area contributed by atoms with Crippen LogP contribution in [0.5, 0.6) is 11.5 Å². The third kappa shape index (κ3) is 2.57. The second-order valence-electron chi connectivity index (χ2n) is 6.41. The van der Waals surface area contributed by atoms with Gasteiger partial charge in [0.05, 0.1) is 0 Å². The van der Waals surface area contributed by atoms with Crippen molar-refractivity contribution >= 4 is 0 Å². The van der Waals surface area contributed by atoms with E-state index in [4.69, 9.17) is 15.2 Å². The lowest BCUT2D eigenvalue weighted by molar-refractivity contribution is -0.0991. The summed E-state index contributed by atoms with van der Waals surface area (Å²) in [5.41, 5.74) is 6.19. The summed E-state index contributed by atoms with van der Waals surface area (Å²) >= 11 is 0. The Balaban J connectivity index is 2.33. The van der Waals surface area contributed by atoms with Crippen LogP contribution in [-0.4, -0.2) is 17.7 Å². The van der Waals surface area contributed by atoms with E-state index >= 15 is 0 Å². The van der Waals surface area contributed by atoms with Gasteiger partial charge in [0.2, 0.25) is 0 Å². The molecule has 0 amide bonds. The molecule has 1 aliphatic rings. The molecule has 0 bridgehead atoms. The number of fused-ring (bicyclic) bond motifs is 1. The Hall–Kier alpha value is -1.22. The molecular weight excluding hydrogens is 238 g/mol. The van der Waals surface area contributed by atoms with Crippen molar-refractivity contribution in [2.24, 2.45) is 5.73 Å². The molecule has 1 atom stereocenters. The monoisotopic (exact) mass is 263 g/mol. The van der Waals surface area contributed by atoms with Crippen LogP contribution >= 0.6 is 0 Å². The van der Waals surface area contributed by atoms with Crippen molar-refractivity contribution < 1.29 is 9.47 Å². The zero-order chi connectivity index (χ0) is 14.3. The summed E-state index contributed by atoms with van der Waals surface area (Å²) in [6.45, 7) is 11.1. The average Bonchev–Trinajstić information content (AvgIpc) is 2.29. The van der Waals surface area contributed by atoms with Gasteiger partial charge in [-0.05, 0) is 64.3 Å². The topological polar surface area (TPSA) is 44.5 Å². The van der Waals surface area contributed by atoms with Gasteiger partial charge in [-0.2, -0.15) is 0 Å². The third-order valence-electron chi connectivity index (χ3n) is 4.32. The smallest absolute Gasteiger partial charge is 0.162 e. The van der Waals surface area contributed by atoms with Crippen LogP contribution in [0.1, 0.15) is 52.5 Å². The molecule has 2 rings (SSSR count). The summed E-state index contributed by atoms with van der Waals surface area (Å²) in [6, 6.07) is 6.21. The van der Waals surface area contributed by atoms with Crippen molar-refractivity contribution in [3.05, 3.63) is 23.8 Å². The van der Waals surface area contributed by atoms with E-state index in [9.17, 15) is 0 Å². The van der Waals surface area contributed by atoms with E-state index in [2.05, 4.69) is 46.8 Å². The first-order valence-electron chi connectivity index (χ1n) is 6.99. The van der Waals surface area contributed by atoms with Crippen LogP contribution in [0, 0.1) is 0 Å². The Morgan fingerprint density at radius 3 is 2.21 bits per heavy atom. The first-order chi connectivity index (χ1) is 8.77. The Morgan fingerprint density at radius 1 is 1.05 bits per heavy atom. The van der Waals surface area contributed by atoms with Crippen LogP contribution in [0.3, 0.4) is 0 Å². The van der Waals surface area contributed by atoms with Gasteiger partial charge in [-0.25, -0.2) is 0 Å². The number of benzene rings is 1. The Bertz CT molecular complexity index is 466. The van der Waals surface area contributed by atoms with Crippen LogP contribution in [0.25, 0.3) is 0 Å². The summed E-state index contributed by atoms with van der Waals surface area (Å²) in [7, 11) is 0.